The molecule has 6 heteroatoms. The van der Waals surface area contributed by atoms with Crippen LogP contribution in [0.15, 0.2) is 0 Å². The molecule has 3 heterocycles. The van der Waals surface area contributed by atoms with E-state index >= 15 is 0 Å². The average Bonchev–Trinajstić information content (AvgIpc) is 3.15. The number of anilines is 1. The van der Waals surface area contributed by atoms with Crippen molar-refractivity contribution in [1.82, 2.24) is 9.88 Å². The Kier molecular flexibility index (Phi) is 3.69. The number of morpholine rings is 1. The fourth-order valence-electron chi connectivity index (χ4n) is 3.55. The van der Waals surface area contributed by atoms with Gasteiger partial charge in [-0.3, -0.25) is 9.69 Å². The number of nitrogens with zero attached hydrogens (tertiary/aromatic N) is 3. The predicted octanol–water partition coefficient (Wildman–Crippen LogP) is 1.57. The normalized spacial score (nSPS) is 27.1. The fraction of sp³-hybridized carbons (Fsp3) is 0.733. The first kappa shape index (κ1) is 13.7. The quantitative estimate of drug-likeness (QED) is 0.830. The highest BCUT2D eigenvalue weighted by atomic mass is 32.1. The van der Waals surface area contributed by atoms with E-state index in [1.807, 2.05) is 0 Å². The number of hydrogen-bond donors (Lipinski definition) is 0. The van der Waals surface area contributed by atoms with Crippen molar-refractivity contribution in [3.05, 3.63) is 10.6 Å². The number of carbonyl (C=O) groups excluding carboxylic acids is 1. The van der Waals surface area contributed by atoms with Gasteiger partial charge in [0, 0.05) is 38.6 Å². The summed E-state index contributed by atoms with van der Waals surface area (Å²) in [5, 5.41) is 1.06. The third-order valence-corrected chi connectivity index (χ3v) is 5.95. The van der Waals surface area contributed by atoms with E-state index < -0.39 is 0 Å². The number of aryl methyl sites for hydroxylation is 1. The average molecular weight is 307 g/mol. The number of rotatable bonds is 2. The van der Waals surface area contributed by atoms with Crippen LogP contribution in [-0.4, -0.2) is 61.1 Å². The maximum Gasteiger partial charge on any atom is 0.186 e. The van der Waals surface area contributed by atoms with Crippen LogP contribution in [0.2, 0.25) is 0 Å². The highest BCUT2D eigenvalue weighted by Gasteiger charge is 2.31. The Hall–Kier alpha value is -0.980. The minimum atomic E-state index is 0.295. The zero-order valence-electron chi connectivity index (χ0n) is 12.2. The molecule has 3 aliphatic rings. The number of fused-ring (bicyclic) bond motifs is 1. The van der Waals surface area contributed by atoms with Crippen LogP contribution in [-0.2, 0) is 11.2 Å². The molecule has 4 rings (SSSR count). The number of ketones is 1. The van der Waals surface area contributed by atoms with Crippen LogP contribution < -0.4 is 4.90 Å². The molecule has 2 saturated heterocycles. The monoisotopic (exact) mass is 307 g/mol. The minimum absolute atomic E-state index is 0.295. The first-order chi connectivity index (χ1) is 10.3. The summed E-state index contributed by atoms with van der Waals surface area (Å²) in [6.45, 7) is 5.91. The molecular weight excluding hydrogens is 286 g/mol. The summed E-state index contributed by atoms with van der Waals surface area (Å²) in [5.41, 5.74) is 1.04. The molecule has 2 aliphatic heterocycles. The summed E-state index contributed by atoms with van der Waals surface area (Å²) < 4.78 is 5.43. The Morgan fingerprint density at radius 2 is 2.05 bits per heavy atom. The summed E-state index contributed by atoms with van der Waals surface area (Å²) in [4.78, 5) is 22.5. The molecule has 1 aromatic rings. The molecule has 1 unspecified atom stereocenters. The molecule has 0 amide bonds. The minimum Gasteiger partial charge on any atom is -0.379 e. The van der Waals surface area contributed by atoms with Crippen molar-refractivity contribution in [3.8, 4) is 0 Å². The number of carbonyl (C=O) groups is 1. The fourth-order valence-corrected chi connectivity index (χ4v) is 4.66. The van der Waals surface area contributed by atoms with Crippen molar-refractivity contribution < 1.29 is 9.53 Å². The van der Waals surface area contributed by atoms with Crippen molar-refractivity contribution in [2.75, 3.05) is 44.3 Å². The maximum atomic E-state index is 12.0. The predicted molar refractivity (Wildman–Crippen MR) is 82.4 cm³/mol. The van der Waals surface area contributed by atoms with Gasteiger partial charge in [-0.05, 0) is 19.3 Å². The molecule has 5 nitrogen and oxygen atoms in total. The summed E-state index contributed by atoms with van der Waals surface area (Å²) in [6, 6.07) is 0.616. The second-order valence-electron chi connectivity index (χ2n) is 6.09. The smallest absolute Gasteiger partial charge is 0.186 e. The van der Waals surface area contributed by atoms with Gasteiger partial charge in [-0.25, -0.2) is 4.98 Å². The summed E-state index contributed by atoms with van der Waals surface area (Å²) in [7, 11) is 0. The lowest BCUT2D eigenvalue weighted by Gasteiger charge is -2.32. The molecule has 1 aliphatic carbocycles. The number of ether oxygens (including phenoxy) is 1. The van der Waals surface area contributed by atoms with Gasteiger partial charge in [0.25, 0.3) is 0 Å². The van der Waals surface area contributed by atoms with Gasteiger partial charge in [0.2, 0.25) is 0 Å². The van der Waals surface area contributed by atoms with E-state index in [0.29, 0.717) is 18.2 Å². The van der Waals surface area contributed by atoms with E-state index in [4.69, 9.17) is 9.72 Å². The highest BCUT2D eigenvalue weighted by Crippen LogP contribution is 2.33. The Morgan fingerprint density at radius 1 is 1.19 bits per heavy atom. The Labute approximate surface area is 128 Å². The third kappa shape index (κ3) is 2.60. The number of thiazole rings is 1. The van der Waals surface area contributed by atoms with E-state index in [-0.39, 0.29) is 0 Å². The summed E-state index contributed by atoms with van der Waals surface area (Å²) in [5.74, 6) is 0.295. The standard InChI is InChI=1S/C15H21N3O2S/c19-13-3-1-2-12-14(13)21-15(16-12)18-5-4-11(10-18)17-6-8-20-9-7-17/h11H,1-10H2. The molecule has 114 valence electrons. The van der Waals surface area contributed by atoms with Crippen LogP contribution in [0.3, 0.4) is 0 Å². The molecule has 0 saturated carbocycles. The van der Waals surface area contributed by atoms with Gasteiger partial charge in [-0.15, -0.1) is 0 Å². The van der Waals surface area contributed by atoms with Gasteiger partial charge in [0.1, 0.15) is 0 Å². The van der Waals surface area contributed by atoms with E-state index in [1.165, 1.54) is 6.42 Å². The molecule has 0 bridgehead atoms. The first-order valence-electron chi connectivity index (χ1n) is 7.91. The van der Waals surface area contributed by atoms with Gasteiger partial charge in [-0.2, -0.15) is 0 Å². The van der Waals surface area contributed by atoms with E-state index in [0.717, 1.165) is 67.9 Å². The van der Waals surface area contributed by atoms with E-state index in [1.54, 1.807) is 11.3 Å². The van der Waals surface area contributed by atoms with Crippen molar-refractivity contribution in [2.24, 2.45) is 0 Å². The van der Waals surface area contributed by atoms with Gasteiger partial charge < -0.3 is 9.64 Å². The molecule has 0 radical (unpaired) electrons. The van der Waals surface area contributed by atoms with Crippen LogP contribution in [0, 0.1) is 0 Å². The lowest BCUT2D eigenvalue weighted by molar-refractivity contribution is 0.0209. The number of Topliss-reactive ketones (excluding diaryl/α,β-unsaturated/α-hetero) is 1. The Bertz CT molecular complexity index is 539. The van der Waals surface area contributed by atoms with Gasteiger partial charge >= 0.3 is 0 Å². The molecule has 0 aromatic carbocycles. The molecule has 21 heavy (non-hydrogen) atoms. The molecule has 1 atom stereocenters. The number of hydrogen-bond acceptors (Lipinski definition) is 6. The van der Waals surface area contributed by atoms with Crippen molar-refractivity contribution in [1.29, 1.82) is 0 Å². The summed E-state index contributed by atoms with van der Waals surface area (Å²) >= 11 is 1.61. The zero-order chi connectivity index (χ0) is 14.2. The van der Waals surface area contributed by atoms with Gasteiger partial charge in [0.05, 0.1) is 23.8 Å². The maximum absolute atomic E-state index is 12.0. The SMILES string of the molecule is O=C1CCCc2nc(N3CCC(N4CCOCC4)C3)sc21. The van der Waals surface area contributed by atoms with E-state index in [2.05, 4.69) is 9.80 Å². The Balaban J connectivity index is 1.47. The van der Waals surface area contributed by atoms with Crippen molar-refractivity contribution in [2.45, 2.75) is 31.7 Å². The molecule has 1 aromatic heterocycles. The molecule has 0 N–H and O–H groups in total. The Morgan fingerprint density at radius 3 is 2.86 bits per heavy atom. The van der Waals surface area contributed by atoms with Crippen LogP contribution in [0.5, 0.6) is 0 Å². The van der Waals surface area contributed by atoms with Crippen LogP contribution in [0.4, 0.5) is 5.13 Å². The lowest BCUT2D eigenvalue weighted by atomic mass is 10.0. The third-order valence-electron chi connectivity index (χ3n) is 4.75. The van der Waals surface area contributed by atoms with Crippen molar-refractivity contribution >= 4 is 22.3 Å². The molecule has 2 fully saturated rings. The van der Waals surface area contributed by atoms with Crippen LogP contribution >= 0.6 is 11.3 Å². The summed E-state index contributed by atoms with van der Waals surface area (Å²) in [6.07, 6.45) is 3.83. The molecule has 0 spiro atoms. The van der Waals surface area contributed by atoms with Crippen LogP contribution in [0.1, 0.15) is 34.6 Å². The second kappa shape index (κ2) is 5.66. The zero-order valence-corrected chi connectivity index (χ0v) is 13.0. The highest BCUT2D eigenvalue weighted by molar-refractivity contribution is 7.17. The number of aromatic nitrogens is 1. The lowest BCUT2D eigenvalue weighted by Crippen LogP contribution is -2.44. The van der Waals surface area contributed by atoms with Gasteiger partial charge in [-0.1, -0.05) is 11.3 Å². The van der Waals surface area contributed by atoms with Crippen molar-refractivity contribution in [3.63, 3.8) is 0 Å². The second-order valence-corrected chi connectivity index (χ2v) is 7.06. The van der Waals surface area contributed by atoms with Gasteiger partial charge in [0.15, 0.2) is 10.9 Å². The molecular formula is C15H21N3O2S. The topological polar surface area (TPSA) is 45.7 Å². The first-order valence-corrected chi connectivity index (χ1v) is 8.72. The largest absolute Gasteiger partial charge is 0.379 e. The van der Waals surface area contributed by atoms with E-state index in [9.17, 15) is 4.79 Å². The van der Waals surface area contributed by atoms with Crippen LogP contribution in [0.25, 0.3) is 0 Å².